The number of carbonyl (C=O) groups is 1. The molecule has 0 amide bonds. The van der Waals surface area contributed by atoms with Crippen LogP contribution in [0.5, 0.6) is 0 Å². The largest absolute Gasteiger partial charge is 0.298 e. The van der Waals surface area contributed by atoms with E-state index in [2.05, 4.69) is 6.58 Å². The quantitative estimate of drug-likeness (QED) is 0.563. The monoisotopic (exact) mass is 224 g/mol. The number of hydrogen-bond acceptors (Lipinski definition) is 2. The molecule has 80 valence electrons. The van der Waals surface area contributed by atoms with Gasteiger partial charge in [0.05, 0.1) is 5.75 Å². The molecule has 1 rings (SSSR count). The van der Waals surface area contributed by atoms with Crippen LogP contribution in [0.2, 0.25) is 0 Å². The van der Waals surface area contributed by atoms with E-state index in [1.807, 2.05) is 6.92 Å². The molecular weight excluding hydrogens is 211 g/mol. The number of thioether (sulfide) groups is 1. The summed E-state index contributed by atoms with van der Waals surface area (Å²) in [7, 11) is 0. The van der Waals surface area contributed by atoms with E-state index in [1.165, 1.54) is 17.8 Å². The summed E-state index contributed by atoms with van der Waals surface area (Å²) in [6.07, 6.45) is 0.376. The van der Waals surface area contributed by atoms with Gasteiger partial charge < -0.3 is 0 Å². The molecule has 3 heteroatoms. The molecule has 0 bridgehead atoms. The summed E-state index contributed by atoms with van der Waals surface area (Å²) in [6, 6.07) is 6.46. The minimum Gasteiger partial charge on any atom is -0.298 e. The van der Waals surface area contributed by atoms with Crippen molar-refractivity contribution in [3.05, 3.63) is 42.2 Å². The Bertz CT molecular complexity index is 374. The van der Waals surface area contributed by atoms with Crippen LogP contribution in [0.25, 0.3) is 0 Å². The van der Waals surface area contributed by atoms with Crippen LogP contribution in [-0.4, -0.2) is 11.5 Å². The van der Waals surface area contributed by atoms with E-state index in [1.54, 1.807) is 18.2 Å². The maximum atomic E-state index is 13.2. The van der Waals surface area contributed by atoms with Gasteiger partial charge >= 0.3 is 0 Å². The van der Waals surface area contributed by atoms with E-state index in [0.717, 1.165) is 5.57 Å². The first-order chi connectivity index (χ1) is 7.09. The second-order valence-electron chi connectivity index (χ2n) is 3.39. The summed E-state index contributed by atoms with van der Waals surface area (Å²) in [6.45, 7) is 5.47. The standard InChI is InChI=1S/C12H13FOS/c1-9(2)7-10(14)8-15-12-6-4-3-5-11(12)13/h3-6H,1,7-8H2,2H3. The van der Waals surface area contributed by atoms with E-state index < -0.39 is 0 Å². The lowest BCUT2D eigenvalue weighted by atomic mass is 10.2. The maximum Gasteiger partial charge on any atom is 0.147 e. The number of ketones is 1. The summed E-state index contributed by atoms with van der Waals surface area (Å²) in [4.78, 5) is 11.9. The van der Waals surface area contributed by atoms with Crippen molar-refractivity contribution in [1.29, 1.82) is 0 Å². The Morgan fingerprint density at radius 3 is 2.73 bits per heavy atom. The van der Waals surface area contributed by atoms with Crippen molar-refractivity contribution in [3.63, 3.8) is 0 Å². The van der Waals surface area contributed by atoms with Crippen LogP contribution in [0.3, 0.4) is 0 Å². The molecular formula is C12H13FOS. The second-order valence-corrected chi connectivity index (χ2v) is 4.41. The molecule has 15 heavy (non-hydrogen) atoms. The van der Waals surface area contributed by atoms with Crippen molar-refractivity contribution < 1.29 is 9.18 Å². The lowest BCUT2D eigenvalue weighted by Crippen LogP contribution is -2.01. The van der Waals surface area contributed by atoms with Crippen molar-refractivity contribution in [3.8, 4) is 0 Å². The van der Waals surface area contributed by atoms with Crippen LogP contribution in [0.15, 0.2) is 41.3 Å². The van der Waals surface area contributed by atoms with Crippen molar-refractivity contribution in [2.45, 2.75) is 18.2 Å². The summed E-state index contributed by atoms with van der Waals surface area (Å²) < 4.78 is 13.2. The first-order valence-electron chi connectivity index (χ1n) is 4.63. The van der Waals surface area contributed by atoms with Gasteiger partial charge in [0, 0.05) is 11.3 Å². The highest BCUT2D eigenvalue weighted by molar-refractivity contribution is 8.00. The number of allylic oxidation sites excluding steroid dienone is 1. The molecule has 0 saturated carbocycles. The summed E-state index contributed by atoms with van der Waals surface area (Å²) >= 11 is 1.23. The predicted octanol–water partition coefficient (Wildman–Crippen LogP) is 3.45. The van der Waals surface area contributed by atoms with Gasteiger partial charge in [-0.2, -0.15) is 0 Å². The molecule has 0 heterocycles. The Morgan fingerprint density at radius 1 is 1.47 bits per heavy atom. The lowest BCUT2D eigenvalue weighted by Gasteiger charge is -2.02. The third-order valence-electron chi connectivity index (χ3n) is 1.72. The molecule has 1 nitrogen and oxygen atoms in total. The lowest BCUT2D eigenvalue weighted by molar-refractivity contribution is -0.115. The van der Waals surface area contributed by atoms with Gasteiger partial charge in [-0.05, 0) is 19.1 Å². The van der Waals surface area contributed by atoms with E-state index in [9.17, 15) is 9.18 Å². The Morgan fingerprint density at radius 2 is 2.13 bits per heavy atom. The van der Waals surface area contributed by atoms with Gasteiger partial charge in [0.2, 0.25) is 0 Å². The number of rotatable bonds is 5. The van der Waals surface area contributed by atoms with Gasteiger partial charge in [0.25, 0.3) is 0 Å². The molecule has 0 radical (unpaired) electrons. The molecule has 0 unspecified atom stereocenters. The van der Waals surface area contributed by atoms with Gasteiger partial charge in [-0.15, -0.1) is 11.8 Å². The average Bonchev–Trinajstić information content (AvgIpc) is 2.15. The Kier molecular flexibility index (Phi) is 4.56. The number of hydrogen-bond donors (Lipinski definition) is 0. The van der Waals surface area contributed by atoms with Crippen LogP contribution in [0.1, 0.15) is 13.3 Å². The van der Waals surface area contributed by atoms with Gasteiger partial charge in [0.1, 0.15) is 11.6 Å². The summed E-state index contributed by atoms with van der Waals surface area (Å²) in [5, 5.41) is 0. The molecule has 0 aliphatic rings. The Labute approximate surface area is 93.4 Å². The van der Waals surface area contributed by atoms with E-state index in [-0.39, 0.29) is 11.6 Å². The van der Waals surface area contributed by atoms with Crippen LogP contribution in [0, 0.1) is 5.82 Å². The van der Waals surface area contributed by atoms with Crippen LogP contribution in [-0.2, 0) is 4.79 Å². The zero-order chi connectivity index (χ0) is 11.3. The average molecular weight is 224 g/mol. The fourth-order valence-corrected chi connectivity index (χ4v) is 1.91. The van der Waals surface area contributed by atoms with E-state index in [0.29, 0.717) is 17.1 Å². The molecule has 0 aromatic heterocycles. The van der Waals surface area contributed by atoms with Crippen molar-refractivity contribution in [2.24, 2.45) is 0 Å². The fourth-order valence-electron chi connectivity index (χ4n) is 1.11. The number of halogens is 1. The summed E-state index contributed by atoms with van der Waals surface area (Å²) in [5.74, 6) is 0.106. The molecule has 0 aliphatic heterocycles. The normalized spacial score (nSPS) is 10.0. The van der Waals surface area contributed by atoms with E-state index >= 15 is 0 Å². The molecule has 0 spiro atoms. The topological polar surface area (TPSA) is 17.1 Å². The van der Waals surface area contributed by atoms with Gasteiger partial charge in [0.15, 0.2) is 0 Å². The van der Waals surface area contributed by atoms with E-state index in [4.69, 9.17) is 0 Å². The number of benzene rings is 1. The predicted molar refractivity (Wildman–Crippen MR) is 61.6 cm³/mol. The maximum absolute atomic E-state index is 13.2. The third kappa shape index (κ3) is 4.30. The van der Waals surface area contributed by atoms with Crippen molar-refractivity contribution in [2.75, 3.05) is 5.75 Å². The molecule has 1 aromatic carbocycles. The SMILES string of the molecule is C=C(C)CC(=O)CSc1ccccc1F. The fraction of sp³-hybridized carbons (Fsp3) is 0.250. The van der Waals surface area contributed by atoms with Gasteiger partial charge in [-0.1, -0.05) is 24.3 Å². The molecule has 0 aliphatic carbocycles. The summed E-state index contributed by atoms with van der Waals surface area (Å²) in [5.41, 5.74) is 0.842. The molecule has 0 N–H and O–H groups in total. The smallest absolute Gasteiger partial charge is 0.147 e. The van der Waals surface area contributed by atoms with Gasteiger partial charge in [-0.3, -0.25) is 4.79 Å². The van der Waals surface area contributed by atoms with Crippen LogP contribution in [0.4, 0.5) is 4.39 Å². The molecule has 0 fully saturated rings. The highest BCUT2D eigenvalue weighted by Gasteiger charge is 2.06. The second kappa shape index (κ2) is 5.71. The molecule has 0 saturated heterocycles. The molecule has 0 atom stereocenters. The minimum absolute atomic E-state index is 0.0794. The van der Waals surface area contributed by atoms with Crippen LogP contribution >= 0.6 is 11.8 Å². The van der Waals surface area contributed by atoms with Gasteiger partial charge in [-0.25, -0.2) is 4.39 Å². The zero-order valence-corrected chi connectivity index (χ0v) is 9.44. The Balaban J connectivity index is 2.47. The minimum atomic E-state index is -0.273. The van der Waals surface area contributed by atoms with Crippen molar-refractivity contribution in [1.82, 2.24) is 0 Å². The third-order valence-corrected chi connectivity index (χ3v) is 2.83. The molecule has 1 aromatic rings. The highest BCUT2D eigenvalue weighted by atomic mass is 32.2. The zero-order valence-electron chi connectivity index (χ0n) is 8.63. The van der Waals surface area contributed by atoms with Crippen LogP contribution < -0.4 is 0 Å². The Hall–Kier alpha value is -1.09. The first-order valence-corrected chi connectivity index (χ1v) is 5.61. The number of carbonyl (C=O) groups excluding carboxylic acids is 1. The first kappa shape index (κ1) is 12.0. The number of Topliss-reactive ketones (excluding diaryl/α,β-unsaturated/α-hetero) is 1. The highest BCUT2D eigenvalue weighted by Crippen LogP contribution is 2.21. The van der Waals surface area contributed by atoms with Crippen molar-refractivity contribution >= 4 is 17.5 Å².